The molecule has 0 spiro atoms. The molecule has 1 aliphatic rings. The number of aromatic nitrogens is 7. The highest BCUT2D eigenvalue weighted by Crippen LogP contribution is 2.41. The average Bonchev–Trinajstić information content (AvgIpc) is 3.35. The Morgan fingerprint density at radius 2 is 2.08 bits per heavy atom. The van der Waals surface area contributed by atoms with E-state index in [1.165, 1.54) is 41.6 Å². The fourth-order valence-corrected chi connectivity index (χ4v) is 4.92. The number of carboxylic acid groups (broad SMARTS) is 1. The van der Waals surface area contributed by atoms with Gasteiger partial charge < -0.3 is 15.3 Å². The smallest absolute Gasteiger partial charge is 0.338 e. The van der Waals surface area contributed by atoms with E-state index < -0.39 is 17.3 Å². The number of tetrazole rings is 1. The van der Waals surface area contributed by atoms with Crippen LogP contribution in [0.5, 0.6) is 0 Å². The summed E-state index contributed by atoms with van der Waals surface area (Å²) >= 11 is 6.27. The third-order valence-corrected chi connectivity index (χ3v) is 7.11. The maximum Gasteiger partial charge on any atom is 0.338 e. The van der Waals surface area contributed by atoms with E-state index in [9.17, 15) is 19.5 Å². The van der Waals surface area contributed by atoms with E-state index in [1.807, 2.05) is 6.07 Å². The summed E-state index contributed by atoms with van der Waals surface area (Å²) in [6.07, 6.45) is 7.23. The molecule has 39 heavy (non-hydrogen) atoms. The highest BCUT2D eigenvalue weighted by atomic mass is 35.5. The number of nitrogens with one attached hydrogen (secondary N) is 1. The summed E-state index contributed by atoms with van der Waals surface area (Å²) in [6.45, 7) is 0. The van der Waals surface area contributed by atoms with Crippen molar-refractivity contribution >= 4 is 17.6 Å². The summed E-state index contributed by atoms with van der Waals surface area (Å²) in [7, 11) is 0. The molecule has 0 bridgehead atoms. The largest absolute Gasteiger partial charge is 0.618 e. The van der Waals surface area contributed by atoms with Crippen LogP contribution in [0.15, 0.2) is 67.3 Å². The molecule has 5 aromatic rings. The van der Waals surface area contributed by atoms with Crippen LogP contribution in [-0.4, -0.2) is 41.3 Å². The van der Waals surface area contributed by atoms with E-state index in [2.05, 4.69) is 25.5 Å². The first-order valence-electron chi connectivity index (χ1n) is 12.2. The van der Waals surface area contributed by atoms with Crippen molar-refractivity contribution < 1.29 is 19.0 Å². The van der Waals surface area contributed by atoms with Gasteiger partial charge in [0.05, 0.1) is 23.1 Å². The van der Waals surface area contributed by atoms with Crippen molar-refractivity contribution in [2.24, 2.45) is 5.92 Å². The summed E-state index contributed by atoms with van der Waals surface area (Å²) < 4.78 is 17.2. The molecule has 1 unspecified atom stereocenters. The number of nitrogens with zero attached hydrogens (tertiary/aromatic N) is 6. The number of pyridine rings is 1. The molecule has 3 heterocycles. The predicted molar refractivity (Wildman–Crippen MR) is 139 cm³/mol. The maximum absolute atomic E-state index is 14.9. The van der Waals surface area contributed by atoms with E-state index >= 15 is 0 Å². The number of carbonyl (C=O) groups is 1. The van der Waals surface area contributed by atoms with Crippen LogP contribution in [-0.2, 0) is 0 Å². The van der Waals surface area contributed by atoms with Gasteiger partial charge in [0.1, 0.15) is 23.9 Å². The number of aromatic amines is 1. The molecule has 0 radical (unpaired) electrons. The van der Waals surface area contributed by atoms with E-state index in [0.717, 1.165) is 17.6 Å². The molecular formula is C27H21ClFN7O3. The lowest BCUT2D eigenvalue weighted by molar-refractivity contribution is -0.614. The van der Waals surface area contributed by atoms with Crippen molar-refractivity contribution in [2.45, 2.75) is 25.2 Å². The molecule has 2 aromatic carbocycles. The predicted octanol–water partition coefficient (Wildman–Crippen LogP) is 4.78. The Hall–Kier alpha value is -4.64. The number of hydrogen-bond donors (Lipinski definition) is 2. The molecule has 12 heteroatoms. The van der Waals surface area contributed by atoms with Crippen LogP contribution in [0.3, 0.4) is 0 Å². The van der Waals surface area contributed by atoms with Gasteiger partial charge in [-0.3, -0.25) is 0 Å². The summed E-state index contributed by atoms with van der Waals surface area (Å²) in [5, 5.41) is 34.5. The van der Waals surface area contributed by atoms with Crippen LogP contribution >= 0.6 is 11.6 Å². The highest BCUT2D eigenvalue weighted by Gasteiger charge is 2.33. The number of H-pyrrole nitrogens is 1. The summed E-state index contributed by atoms with van der Waals surface area (Å²) in [5.41, 5.74) is 2.46. The Bertz CT molecular complexity index is 1680. The zero-order chi connectivity index (χ0) is 27.1. The van der Waals surface area contributed by atoms with Crippen LogP contribution in [0.25, 0.3) is 28.1 Å². The minimum absolute atomic E-state index is 0.0975. The Labute approximate surface area is 226 Å². The van der Waals surface area contributed by atoms with Crippen molar-refractivity contribution in [1.82, 2.24) is 30.2 Å². The third-order valence-electron chi connectivity index (χ3n) is 6.88. The summed E-state index contributed by atoms with van der Waals surface area (Å²) in [5.74, 6) is -1.61. The summed E-state index contributed by atoms with van der Waals surface area (Å²) in [6, 6.07) is 13.0. The first-order valence-corrected chi connectivity index (χ1v) is 12.6. The normalized spacial score (nSPS) is 13.9. The second kappa shape index (κ2) is 9.91. The van der Waals surface area contributed by atoms with Gasteiger partial charge in [-0.15, -0.1) is 5.10 Å². The van der Waals surface area contributed by atoms with E-state index in [-0.39, 0.29) is 11.5 Å². The maximum atomic E-state index is 14.9. The number of rotatable bonds is 8. The molecule has 196 valence electrons. The van der Waals surface area contributed by atoms with Gasteiger partial charge in [-0.25, -0.2) is 14.2 Å². The molecule has 0 aliphatic heterocycles. The van der Waals surface area contributed by atoms with Crippen molar-refractivity contribution in [2.75, 3.05) is 0 Å². The molecule has 6 rings (SSSR count). The lowest BCUT2D eigenvalue weighted by Crippen LogP contribution is -2.34. The number of carboxylic acids is 1. The van der Waals surface area contributed by atoms with Gasteiger partial charge >= 0.3 is 5.97 Å². The SMILES string of the molecule is O=C(O)c1cccc(-c2cnc(C(CC3CC3)c3ccc(-c4cc(Cl)ccc4-n4cnnn4)c[n+]3[O-])[nH]2)c1F. The number of aromatic carboxylic acids is 1. The molecule has 1 fully saturated rings. The number of halogens is 2. The minimum atomic E-state index is -1.35. The monoisotopic (exact) mass is 545 g/mol. The second-order valence-electron chi connectivity index (χ2n) is 9.47. The van der Waals surface area contributed by atoms with Gasteiger partial charge in [0.25, 0.3) is 0 Å². The van der Waals surface area contributed by atoms with Gasteiger partial charge in [-0.05, 0) is 59.2 Å². The quantitative estimate of drug-likeness (QED) is 0.211. The van der Waals surface area contributed by atoms with Crippen LogP contribution < -0.4 is 4.73 Å². The third kappa shape index (κ3) is 4.84. The molecule has 10 nitrogen and oxygen atoms in total. The van der Waals surface area contributed by atoms with Crippen LogP contribution in [0, 0.1) is 16.9 Å². The molecule has 0 amide bonds. The van der Waals surface area contributed by atoms with Crippen LogP contribution in [0.2, 0.25) is 5.02 Å². The Kier molecular flexibility index (Phi) is 6.27. The lowest BCUT2D eigenvalue weighted by Gasteiger charge is -2.16. The first-order chi connectivity index (χ1) is 18.9. The molecular weight excluding hydrogens is 525 g/mol. The second-order valence-corrected chi connectivity index (χ2v) is 9.91. The molecule has 0 saturated heterocycles. The van der Waals surface area contributed by atoms with E-state index in [4.69, 9.17) is 11.6 Å². The van der Waals surface area contributed by atoms with Crippen molar-refractivity contribution in [3.05, 3.63) is 100 Å². The minimum Gasteiger partial charge on any atom is -0.618 e. The van der Waals surface area contributed by atoms with E-state index in [0.29, 0.717) is 51.4 Å². The first kappa shape index (κ1) is 24.7. The Balaban J connectivity index is 1.38. The number of hydrogen-bond acceptors (Lipinski definition) is 6. The topological polar surface area (TPSA) is 137 Å². The van der Waals surface area contributed by atoms with Crippen LogP contribution in [0.4, 0.5) is 4.39 Å². The standard InChI is InChI=1S/C27H21ClFN7O3/c28-17-7-9-23(35-14-31-33-34-35)20(11-17)16-6-8-24(36(39)13-16)21(10-15-4-5-15)26-30-12-22(32-26)18-2-1-3-19(25(18)29)27(37)38/h1-3,6-9,11-15,21H,4-5,10H2,(H,30,32)(H,37,38). The molecule has 2 N–H and O–H groups in total. The average molecular weight is 546 g/mol. The van der Waals surface area contributed by atoms with Gasteiger partial charge in [0.15, 0.2) is 6.20 Å². The van der Waals surface area contributed by atoms with Crippen molar-refractivity contribution in [3.63, 3.8) is 0 Å². The molecule has 1 saturated carbocycles. The molecule has 1 aliphatic carbocycles. The zero-order valence-electron chi connectivity index (χ0n) is 20.3. The fourth-order valence-electron chi connectivity index (χ4n) is 4.75. The van der Waals surface area contributed by atoms with Crippen LogP contribution in [0.1, 0.15) is 47.1 Å². The highest BCUT2D eigenvalue weighted by molar-refractivity contribution is 6.31. The van der Waals surface area contributed by atoms with E-state index in [1.54, 1.807) is 24.3 Å². The number of benzene rings is 2. The lowest BCUT2D eigenvalue weighted by atomic mass is 9.95. The Morgan fingerprint density at radius 3 is 2.79 bits per heavy atom. The van der Waals surface area contributed by atoms with Gasteiger partial charge in [-0.1, -0.05) is 30.5 Å². The molecule has 3 aromatic heterocycles. The number of imidazole rings is 1. The fraction of sp³-hybridized carbons (Fsp3) is 0.185. The van der Waals surface area contributed by atoms with Gasteiger partial charge in [0.2, 0.25) is 5.69 Å². The van der Waals surface area contributed by atoms with Gasteiger partial charge in [0, 0.05) is 27.8 Å². The van der Waals surface area contributed by atoms with Crippen molar-refractivity contribution in [1.29, 1.82) is 0 Å². The summed E-state index contributed by atoms with van der Waals surface area (Å²) in [4.78, 5) is 19.0. The van der Waals surface area contributed by atoms with Crippen molar-refractivity contribution in [3.8, 4) is 28.1 Å². The zero-order valence-corrected chi connectivity index (χ0v) is 21.1. The van der Waals surface area contributed by atoms with Gasteiger partial charge in [-0.2, -0.15) is 9.41 Å². The molecule has 1 atom stereocenters. The Morgan fingerprint density at radius 1 is 1.23 bits per heavy atom.